The molecule has 4 heteroatoms. The molecule has 0 saturated carbocycles. The summed E-state index contributed by atoms with van der Waals surface area (Å²) < 4.78 is 5.63. The first kappa shape index (κ1) is 17.3. The van der Waals surface area contributed by atoms with Gasteiger partial charge in [-0.2, -0.15) is 11.8 Å². The van der Waals surface area contributed by atoms with Gasteiger partial charge in [-0.05, 0) is 36.8 Å². The van der Waals surface area contributed by atoms with Crippen LogP contribution >= 0.6 is 11.8 Å². The van der Waals surface area contributed by atoms with E-state index in [4.69, 9.17) is 4.74 Å². The van der Waals surface area contributed by atoms with Gasteiger partial charge in [-0.25, -0.2) is 0 Å². The maximum absolute atomic E-state index is 9.92. The molecule has 0 aliphatic rings. The number of hydrogen-bond acceptors (Lipinski definition) is 4. The molecule has 0 amide bonds. The first-order valence-electron chi connectivity index (χ1n) is 7.36. The fourth-order valence-corrected chi connectivity index (χ4v) is 2.50. The van der Waals surface area contributed by atoms with Crippen molar-refractivity contribution in [3.8, 4) is 5.75 Å². The Morgan fingerprint density at radius 1 is 1.35 bits per heavy atom. The summed E-state index contributed by atoms with van der Waals surface area (Å²) in [6.45, 7) is 7.31. The lowest BCUT2D eigenvalue weighted by atomic mass is 10.2. The van der Waals surface area contributed by atoms with E-state index in [-0.39, 0.29) is 0 Å². The zero-order chi connectivity index (χ0) is 14.8. The number of benzene rings is 1. The van der Waals surface area contributed by atoms with E-state index in [0.29, 0.717) is 19.2 Å². The third-order valence-electron chi connectivity index (χ3n) is 3.02. The maximum Gasteiger partial charge on any atom is 0.119 e. The minimum Gasteiger partial charge on any atom is -0.491 e. The van der Waals surface area contributed by atoms with Crippen LogP contribution in [0.25, 0.3) is 0 Å². The fourth-order valence-electron chi connectivity index (χ4n) is 1.80. The summed E-state index contributed by atoms with van der Waals surface area (Å²) in [5.74, 6) is 3.03. The molecule has 2 atom stereocenters. The smallest absolute Gasteiger partial charge is 0.119 e. The normalized spacial score (nSPS) is 14.0. The highest BCUT2D eigenvalue weighted by Gasteiger charge is 2.08. The lowest BCUT2D eigenvalue weighted by Gasteiger charge is -2.17. The van der Waals surface area contributed by atoms with E-state index in [9.17, 15) is 5.11 Å². The van der Waals surface area contributed by atoms with E-state index in [2.05, 4.69) is 32.2 Å². The molecule has 2 unspecified atom stereocenters. The van der Waals surface area contributed by atoms with Gasteiger partial charge in [0.2, 0.25) is 0 Å². The first-order valence-corrected chi connectivity index (χ1v) is 8.52. The van der Waals surface area contributed by atoms with E-state index < -0.39 is 6.10 Å². The molecule has 1 rings (SSSR count). The summed E-state index contributed by atoms with van der Waals surface area (Å²) >= 11 is 1.91. The third-order valence-corrected chi connectivity index (χ3v) is 4.17. The Labute approximate surface area is 127 Å². The van der Waals surface area contributed by atoms with Gasteiger partial charge in [-0.3, -0.25) is 0 Å². The maximum atomic E-state index is 9.92. The Morgan fingerprint density at radius 2 is 2.15 bits per heavy atom. The summed E-state index contributed by atoms with van der Waals surface area (Å²) in [6.07, 6.45) is 0.517. The lowest BCUT2D eigenvalue weighted by molar-refractivity contribution is 0.105. The van der Waals surface area contributed by atoms with Crippen molar-refractivity contribution >= 4 is 11.8 Å². The highest BCUT2D eigenvalue weighted by molar-refractivity contribution is 7.99. The van der Waals surface area contributed by atoms with E-state index in [0.717, 1.165) is 23.7 Å². The van der Waals surface area contributed by atoms with Gasteiger partial charge in [0.1, 0.15) is 18.5 Å². The van der Waals surface area contributed by atoms with Crippen molar-refractivity contribution in [2.24, 2.45) is 0 Å². The van der Waals surface area contributed by atoms with Crippen molar-refractivity contribution in [3.05, 3.63) is 29.8 Å². The molecule has 1 aromatic carbocycles. The number of thioether (sulfide) groups is 1. The molecule has 0 radical (unpaired) electrons. The molecule has 0 saturated heterocycles. The molecule has 0 heterocycles. The van der Waals surface area contributed by atoms with Crippen LogP contribution < -0.4 is 10.1 Å². The monoisotopic (exact) mass is 297 g/mol. The Kier molecular flexibility index (Phi) is 8.74. The quantitative estimate of drug-likeness (QED) is 0.697. The third kappa shape index (κ3) is 7.17. The molecule has 0 fully saturated rings. The topological polar surface area (TPSA) is 41.5 Å². The summed E-state index contributed by atoms with van der Waals surface area (Å²) in [7, 11) is 0. The van der Waals surface area contributed by atoms with Gasteiger partial charge in [0.15, 0.2) is 0 Å². The molecule has 0 spiro atoms. The van der Waals surface area contributed by atoms with Gasteiger partial charge in [0.05, 0.1) is 0 Å². The van der Waals surface area contributed by atoms with Crippen LogP contribution in [0.3, 0.4) is 0 Å². The summed E-state index contributed by atoms with van der Waals surface area (Å²) in [5, 5.41) is 13.2. The second-order valence-electron chi connectivity index (χ2n) is 4.93. The summed E-state index contributed by atoms with van der Waals surface area (Å²) in [4.78, 5) is 0. The molecule has 114 valence electrons. The predicted molar refractivity (Wildman–Crippen MR) is 87.8 cm³/mol. The van der Waals surface area contributed by atoms with E-state index in [1.54, 1.807) is 0 Å². The Bertz CT molecular complexity index is 373. The van der Waals surface area contributed by atoms with Crippen LogP contribution in [-0.4, -0.2) is 41.9 Å². The van der Waals surface area contributed by atoms with Gasteiger partial charge < -0.3 is 15.2 Å². The average Bonchev–Trinajstić information content (AvgIpc) is 2.49. The molecule has 2 N–H and O–H groups in total. The largest absolute Gasteiger partial charge is 0.491 e. The highest BCUT2D eigenvalue weighted by atomic mass is 32.2. The molecular formula is C16H27NO2S. The zero-order valence-corrected chi connectivity index (χ0v) is 13.6. The van der Waals surface area contributed by atoms with Gasteiger partial charge in [0, 0.05) is 18.3 Å². The molecule has 0 bridgehead atoms. The molecule has 1 aromatic rings. The van der Waals surface area contributed by atoms with Gasteiger partial charge in [-0.15, -0.1) is 0 Å². The second kappa shape index (κ2) is 10.1. The van der Waals surface area contributed by atoms with Crippen molar-refractivity contribution in [2.45, 2.75) is 39.3 Å². The van der Waals surface area contributed by atoms with Crippen LogP contribution in [0, 0.1) is 0 Å². The summed E-state index contributed by atoms with van der Waals surface area (Å²) in [6, 6.07) is 8.44. The molecule has 3 nitrogen and oxygen atoms in total. The SMILES string of the molecule is CCSCC(C)NCC(O)COc1cccc(CC)c1. The van der Waals surface area contributed by atoms with Crippen molar-refractivity contribution in [1.82, 2.24) is 5.32 Å². The van der Waals surface area contributed by atoms with Crippen molar-refractivity contribution < 1.29 is 9.84 Å². The fraction of sp³-hybridized carbons (Fsp3) is 0.625. The van der Waals surface area contributed by atoms with Gasteiger partial charge in [-0.1, -0.05) is 26.0 Å². The van der Waals surface area contributed by atoms with E-state index >= 15 is 0 Å². The van der Waals surface area contributed by atoms with Crippen molar-refractivity contribution in [2.75, 3.05) is 24.7 Å². The number of aliphatic hydroxyl groups excluding tert-OH is 1. The number of ether oxygens (including phenoxy) is 1. The predicted octanol–water partition coefficient (Wildman–Crippen LogP) is 2.72. The number of aryl methyl sites for hydroxylation is 1. The lowest BCUT2D eigenvalue weighted by Crippen LogP contribution is -2.37. The number of aliphatic hydroxyl groups is 1. The Hall–Kier alpha value is -0.710. The molecular weight excluding hydrogens is 270 g/mol. The van der Waals surface area contributed by atoms with Crippen LogP contribution in [0.15, 0.2) is 24.3 Å². The highest BCUT2D eigenvalue weighted by Crippen LogP contribution is 2.13. The average molecular weight is 297 g/mol. The van der Waals surface area contributed by atoms with Gasteiger partial charge >= 0.3 is 0 Å². The van der Waals surface area contributed by atoms with E-state index in [1.165, 1.54) is 5.56 Å². The van der Waals surface area contributed by atoms with Crippen LogP contribution in [0.2, 0.25) is 0 Å². The van der Waals surface area contributed by atoms with Gasteiger partial charge in [0.25, 0.3) is 0 Å². The van der Waals surface area contributed by atoms with Crippen LogP contribution in [0.4, 0.5) is 0 Å². The first-order chi connectivity index (χ1) is 9.65. The molecule has 20 heavy (non-hydrogen) atoms. The van der Waals surface area contributed by atoms with Crippen LogP contribution in [-0.2, 0) is 6.42 Å². The minimum absolute atomic E-state index is 0.327. The van der Waals surface area contributed by atoms with Crippen LogP contribution in [0.1, 0.15) is 26.3 Å². The number of hydrogen-bond donors (Lipinski definition) is 2. The minimum atomic E-state index is -0.477. The second-order valence-corrected chi connectivity index (χ2v) is 6.25. The number of rotatable bonds is 10. The molecule has 0 aliphatic heterocycles. The van der Waals surface area contributed by atoms with E-state index in [1.807, 2.05) is 30.0 Å². The molecule has 0 aromatic heterocycles. The molecule has 0 aliphatic carbocycles. The van der Waals surface area contributed by atoms with Crippen LogP contribution in [0.5, 0.6) is 5.75 Å². The van der Waals surface area contributed by atoms with Crippen molar-refractivity contribution in [3.63, 3.8) is 0 Å². The number of nitrogens with one attached hydrogen (secondary N) is 1. The zero-order valence-electron chi connectivity index (χ0n) is 12.8. The van der Waals surface area contributed by atoms with Crippen molar-refractivity contribution in [1.29, 1.82) is 0 Å². The summed E-state index contributed by atoms with van der Waals surface area (Å²) in [5.41, 5.74) is 1.25. The Morgan fingerprint density at radius 3 is 2.85 bits per heavy atom. The Balaban J connectivity index is 2.23. The standard InChI is InChI=1S/C16H27NO2S/c1-4-14-7-6-8-16(9-14)19-11-15(18)10-17-13(3)12-20-5-2/h6-9,13,15,17-18H,4-5,10-12H2,1-3H3.